The van der Waals surface area contributed by atoms with Crippen LogP contribution in [0.5, 0.6) is 0 Å². The van der Waals surface area contributed by atoms with Crippen LogP contribution in [0.2, 0.25) is 0 Å². The lowest BCUT2D eigenvalue weighted by atomic mass is 10.1. The molecule has 0 saturated heterocycles. The van der Waals surface area contributed by atoms with Gasteiger partial charge in [0, 0.05) is 17.7 Å². The van der Waals surface area contributed by atoms with E-state index in [4.69, 9.17) is 5.73 Å². The molecule has 18 heavy (non-hydrogen) atoms. The van der Waals surface area contributed by atoms with Gasteiger partial charge >= 0.3 is 0 Å². The Morgan fingerprint density at radius 3 is 2.67 bits per heavy atom. The molecule has 0 heterocycles. The molecule has 0 saturated carbocycles. The Morgan fingerprint density at radius 1 is 1.33 bits per heavy atom. The molecule has 0 aliphatic carbocycles. The Hall–Kier alpha value is -1.68. The summed E-state index contributed by atoms with van der Waals surface area (Å²) in [5.41, 5.74) is 6.95. The number of amides is 1. The number of nitrogens with one attached hydrogen (secondary N) is 1. The van der Waals surface area contributed by atoms with Crippen LogP contribution in [-0.4, -0.2) is 17.7 Å². The van der Waals surface area contributed by atoms with Gasteiger partial charge in [0.05, 0.1) is 6.04 Å². The summed E-state index contributed by atoms with van der Waals surface area (Å²) in [6, 6.07) is 6.43. The van der Waals surface area contributed by atoms with Gasteiger partial charge in [-0.15, -0.1) is 0 Å². The van der Waals surface area contributed by atoms with Gasteiger partial charge in [-0.1, -0.05) is 32.4 Å². The van der Waals surface area contributed by atoms with E-state index in [9.17, 15) is 9.59 Å². The highest BCUT2D eigenvalue weighted by atomic mass is 16.2. The van der Waals surface area contributed by atoms with Crippen LogP contribution in [0, 0.1) is 0 Å². The van der Waals surface area contributed by atoms with E-state index < -0.39 is 6.04 Å². The van der Waals surface area contributed by atoms with E-state index in [1.54, 1.807) is 24.3 Å². The molecule has 0 bridgehead atoms. The van der Waals surface area contributed by atoms with E-state index >= 15 is 0 Å². The summed E-state index contributed by atoms with van der Waals surface area (Å²) in [6.07, 6.45) is 1.97. The fourth-order valence-electron chi connectivity index (χ4n) is 1.65. The number of benzene rings is 1. The molecule has 0 aliphatic rings. The standard InChI is InChI=1S/C14H20N2O2/c1-3-6-12(15)14(18)16-11-8-5-7-10(9-11)13(17)4-2/h5,7-9,12H,3-4,6,15H2,1-2H3,(H,16,18). The SMILES string of the molecule is CCCC(N)C(=O)Nc1cccc(C(=O)CC)c1. The summed E-state index contributed by atoms with van der Waals surface area (Å²) >= 11 is 0. The molecule has 0 radical (unpaired) electrons. The lowest BCUT2D eigenvalue weighted by Crippen LogP contribution is -2.35. The molecule has 0 spiro atoms. The van der Waals surface area contributed by atoms with Crippen LogP contribution < -0.4 is 11.1 Å². The quantitative estimate of drug-likeness (QED) is 0.759. The first kappa shape index (κ1) is 14.4. The fraction of sp³-hybridized carbons (Fsp3) is 0.429. The second-order valence-corrected chi connectivity index (χ2v) is 4.24. The van der Waals surface area contributed by atoms with E-state index in [1.807, 2.05) is 13.8 Å². The predicted octanol–water partition coefficient (Wildman–Crippen LogP) is 2.35. The van der Waals surface area contributed by atoms with Crippen LogP contribution in [0.4, 0.5) is 5.69 Å². The number of anilines is 1. The van der Waals surface area contributed by atoms with Crippen LogP contribution in [-0.2, 0) is 4.79 Å². The fourth-order valence-corrected chi connectivity index (χ4v) is 1.65. The third-order valence-electron chi connectivity index (χ3n) is 2.71. The highest BCUT2D eigenvalue weighted by Gasteiger charge is 2.12. The van der Waals surface area contributed by atoms with Crippen molar-refractivity contribution in [2.45, 2.75) is 39.2 Å². The summed E-state index contributed by atoms with van der Waals surface area (Å²) in [5, 5.41) is 2.73. The van der Waals surface area contributed by atoms with Crippen LogP contribution in [0.3, 0.4) is 0 Å². The maximum atomic E-state index is 11.7. The minimum absolute atomic E-state index is 0.0592. The highest BCUT2D eigenvalue weighted by Crippen LogP contribution is 2.13. The van der Waals surface area contributed by atoms with Crippen molar-refractivity contribution in [3.05, 3.63) is 29.8 Å². The number of ketones is 1. The summed E-state index contributed by atoms with van der Waals surface area (Å²) in [7, 11) is 0. The first-order chi connectivity index (χ1) is 8.58. The van der Waals surface area contributed by atoms with Crippen molar-refractivity contribution < 1.29 is 9.59 Å². The molecule has 1 aromatic carbocycles. The van der Waals surface area contributed by atoms with Gasteiger partial charge in [0.1, 0.15) is 0 Å². The van der Waals surface area contributed by atoms with Gasteiger partial charge in [0.25, 0.3) is 0 Å². The third-order valence-corrected chi connectivity index (χ3v) is 2.71. The van der Waals surface area contributed by atoms with Gasteiger partial charge in [0.2, 0.25) is 5.91 Å². The smallest absolute Gasteiger partial charge is 0.241 e. The van der Waals surface area contributed by atoms with Crippen molar-refractivity contribution in [1.29, 1.82) is 0 Å². The first-order valence-corrected chi connectivity index (χ1v) is 6.28. The molecular formula is C14H20N2O2. The molecule has 1 aromatic rings. The number of Topliss-reactive ketones (excluding diaryl/α,β-unsaturated/α-hetero) is 1. The Balaban J connectivity index is 2.73. The molecular weight excluding hydrogens is 228 g/mol. The Labute approximate surface area is 108 Å². The van der Waals surface area contributed by atoms with Crippen molar-refractivity contribution in [2.24, 2.45) is 5.73 Å². The zero-order chi connectivity index (χ0) is 13.5. The normalized spacial score (nSPS) is 11.9. The molecule has 1 atom stereocenters. The van der Waals surface area contributed by atoms with Gasteiger partial charge in [-0.2, -0.15) is 0 Å². The van der Waals surface area contributed by atoms with E-state index in [0.29, 0.717) is 24.1 Å². The van der Waals surface area contributed by atoms with Crippen LogP contribution >= 0.6 is 0 Å². The minimum atomic E-state index is -0.500. The summed E-state index contributed by atoms with van der Waals surface area (Å²) < 4.78 is 0. The lowest BCUT2D eigenvalue weighted by molar-refractivity contribution is -0.117. The Kier molecular flexibility index (Phi) is 5.52. The summed E-state index contributed by atoms with van der Waals surface area (Å²) in [4.78, 5) is 23.3. The average Bonchev–Trinajstić information content (AvgIpc) is 2.38. The second kappa shape index (κ2) is 6.91. The zero-order valence-corrected chi connectivity index (χ0v) is 10.9. The van der Waals surface area contributed by atoms with E-state index in [-0.39, 0.29) is 11.7 Å². The molecule has 1 rings (SSSR count). The average molecular weight is 248 g/mol. The van der Waals surface area contributed by atoms with E-state index in [1.165, 1.54) is 0 Å². The molecule has 4 nitrogen and oxygen atoms in total. The number of hydrogen-bond donors (Lipinski definition) is 2. The second-order valence-electron chi connectivity index (χ2n) is 4.24. The Bertz CT molecular complexity index is 430. The number of nitrogens with two attached hydrogens (primary N) is 1. The van der Waals surface area contributed by atoms with Crippen LogP contribution in [0.25, 0.3) is 0 Å². The molecule has 4 heteroatoms. The molecule has 98 valence electrons. The van der Waals surface area contributed by atoms with Crippen molar-refractivity contribution in [2.75, 3.05) is 5.32 Å². The monoisotopic (exact) mass is 248 g/mol. The number of carbonyl (C=O) groups is 2. The maximum Gasteiger partial charge on any atom is 0.241 e. The lowest BCUT2D eigenvalue weighted by Gasteiger charge is -2.11. The predicted molar refractivity (Wildman–Crippen MR) is 72.6 cm³/mol. The Morgan fingerprint density at radius 2 is 2.06 bits per heavy atom. The van der Waals surface area contributed by atoms with Gasteiger partial charge < -0.3 is 11.1 Å². The number of hydrogen-bond acceptors (Lipinski definition) is 3. The molecule has 1 amide bonds. The molecule has 0 aliphatic heterocycles. The van der Waals surface area contributed by atoms with Crippen LogP contribution in [0.1, 0.15) is 43.5 Å². The van der Waals surface area contributed by atoms with Crippen molar-refractivity contribution in [3.8, 4) is 0 Å². The van der Waals surface area contributed by atoms with Crippen molar-refractivity contribution >= 4 is 17.4 Å². The highest BCUT2D eigenvalue weighted by molar-refractivity contribution is 5.99. The zero-order valence-electron chi connectivity index (χ0n) is 10.9. The van der Waals surface area contributed by atoms with Crippen molar-refractivity contribution in [1.82, 2.24) is 0 Å². The largest absolute Gasteiger partial charge is 0.325 e. The van der Waals surface area contributed by atoms with Gasteiger partial charge in [-0.05, 0) is 18.6 Å². The molecule has 3 N–H and O–H groups in total. The molecule has 0 aromatic heterocycles. The van der Waals surface area contributed by atoms with Crippen LogP contribution in [0.15, 0.2) is 24.3 Å². The molecule has 1 unspecified atom stereocenters. The summed E-state index contributed by atoms with van der Waals surface area (Å²) in [5.74, 6) is -0.151. The minimum Gasteiger partial charge on any atom is -0.325 e. The molecule has 0 fully saturated rings. The van der Waals surface area contributed by atoms with Crippen molar-refractivity contribution in [3.63, 3.8) is 0 Å². The number of rotatable bonds is 6. The van der Waals surface area contributed by atoms with Gasteiger partial charge in [0.15, 0.2) is 5.78 Å². The van der Waals surface area contributed by atoms with Gasteiger partial charge in [-0.25, -0.2) is 0 Å². The maximum absolute atomic E-state index is 11.7. The van der Waals surface area contributed by atoms with E-state index in [2.05, 4.69) is 5.32 Å². The summed E-state index contributed by atoms with van der Waals surface area (Å²) in [6.45, 7) is 3.79. The van der Waals surface area contributed by atoms with E-state index in [0.717, 1.165) is 6.42 Å². The first-order valence-electron chi connectivity index (χ1n) is 6.28. The topological polar surface area (TPSA) is 72.2 Å². The van der Waals surface area contributed by atoms with Gasteiger partial charge in [-0.3, -0.25) is 9.59 Å². The number of carbonyl (C=O) groups excluding carboxylic acids is 2. The third kappa shape index (κ3) is 3.96.